The van der Waals surface area contributed by atoms with Crippen LogP contribution in [0.3, 0.4) is 0 Å². The molecule has 0 amide bonds. The van der Waals surface area contributed by atoms with Crippen molar-refractivity contribution in [2.24, 2.45) is 5.73 Å². The summed E-state index contributed by atoms with van der Waals surface area (Å²) >= 11 is 1.96. The SMILES string of the molecule is CC(N)C1SCCN1C.c1ccccc1. The number of thioether (sulfide) groups is 1. The third kappa shape index (κ3) is 4.69. The quantitative estimate of drug-likeness (QED) is 0.791. The Bertz CT molecular complexity index is 224. The van der Waals surface area contributed by atoms with Crippen LogP contribution in [0.4, 0.5) is 0 Å². The summed E-state index contributed by atoms with van der Waals surface area (Å²) in [5.41, 5.74) is 5.73. The summed E-state index contributed by atoms with van der Waals surface area (Å²) in [5.74, 6) is 1.24. The van der Waals surface area contributed by atoms with Crippen molar-refractivity contribution >= 4 is 11.8 Å². The fourth-order valence-corrected chi connectivity index (χ4v) is 2.81. The molecule has 1 heterocycles. The van der Waals surface area contributed by atoms with Crippen LogP contribution in [0.1, 0.15) is 6.92 Å². The molecule has 2 rings (SSSR count). The molecule has 3 heteroatoms. The van der Waals surface area contributed by atoms with Gasteiger partial charge < -0.3 is 5.73 Å². The van der Waals surface area contributed by atoms with Crippen LogP contribution in [-0.2, 0) is 0 Å². The number of likely N-dealkylation sites (N-methyl/N-ethyl adjacent to an activating group) is 1. The lowest BCUT2D eigenvalue weighted by Crippen LogP contribution is -2.38. The Hall–Kier alpha value is -0.510. The molecule has 1 saturated heterocycles. The minimum Gasteiger partial charge on any atom is -0.326 e. The Morgan fingerprint density at radius 3 is 1.87 bits per heavy atom. The molecular weight excluding hydrogens is 204 g/mol. The number of benzene rings is 1. The Morgan fingerprint density at radius 1 is 1.20 bits per heavy atom. The maximum absolute atomic E-state index is 5.73. The lowest BCUT2D eigenvalue weighted by atomic mass is 10.3. The maximum Gasteiger partial charge on any atom is 0.0706 e. The highest BCUT2D eigenvalue weighted by Crippen LogP contribution is 2.23. The number of hydrogen-bond acceptors (Lipinski definition) is 3. The average molecular weight is 224 g/mol. The molecule has 0 bridgehead atoms. The predicted octanol–water partition coefficient (Wildman–Crippen LogP) is 2.02. The van der Waals surface area contributed by atoms with E-state index in [0.29, 0.717) is 11.4 Å². The Morgan fingerprint density at radius 2 is 1.67 bits per heavy atom. The molecule has 0 aliphatic carbocycles. The first-order valence-electron chi connectivity index (χ1n) is 5.29. The number of rotatable bonds is 1. The molecule has 2 nitrogen and oxygen atoms in total. The second kappa shape index (κ2) is 6.88. The van der Waals surface area contributed by atoms with E-state index in [4.69, 9.17) is 5.73 Å². The van der Waals surface area contributed by atoms with Crippen LogP contribution in [0.15, 0.2) is 36.4 Å². The highest BCUT2D eigenvalue weighted by molar-refractivity contribution is 8.00. The van der Waals surface area contributed by atoms with Gasteiger partial charge in [0.05, 0.1) is 5.37 Å². The lowest BCUT2D eigenvalue weighted by molar-refractivity contribution is 0.324. The van der Waals surface area contributed by atoms with Gasteiger partial charge in [-0.1, -0.05) is 36.4 Å². The zero-order valence-electron chi connectivity index (χ0n) is 9.47. The van der Waals surface area contributed by atoms with Crippen LogP contribution >= 0.6 is 11.8 Å². The maximum atomic E-state index is 5.73. The lowest BCUT2D eigenvalue weighted by Gasteiger charge is -2.21. The molecule has 1 aliphatic rings. The molecule has 2 N–H and O–H groups in total. The van der Waals surface area contributed by atoms with Gasteiger partial charge in [0.15, 0.2) is 0 Å². The molecule has 1 aliphatic heterocycles. The van der Waals surface area contributed by atoms with E-state index in [0.717, 1.165) is 0 Å². The summed E-state index contributed by atoms with van der Waals surface area (Å²) in [5, 5.41) is 0.560. The van der Waals surface area contributed by atoms with Crippen molar-refractivity contribution in [1.29, 1.82) is 0 Å². The third-order valence-corrected chi connectivity index (χ3v) is 3.83. The first-order valence-corrected chi connectivity index (χ1v) is 6.34. The smallest absolute Gasteiger partial charge is 0.0706 e. The normalized spacial score (nSPS) is 23.0. The van der Waals surface area contributed by atoms with Gasteiger partial charge in [-0.05, 0) is 14.0 Å². The van der Waals surface area contributed by atoms with Crippen molar-refractivity contribution in [1.82, 2.24) is 4.90 Å². The monoisotopic (exact) mass is 224 g/mol. The van der Waals surface area contributed by atoms with Crippen molar-refractivity contribution in [3.8, 4) is 0 Å². The highest BCUT2D eigenvalue weighted by Gasteiger charge is 2.24. The largest absolute Gasteiger partial charge is 0.326 e. The van der Waals surface area contributed by atoms with E-state index in [-0.39, 0.29) is 0 Å². The second-order valence-corrected chi connectivity index (χ2v) is 4.98. The second-order valence-electron chi connectivity index (χ2n) is 3.76. The summed E-state index contributed by atoms with van der Waals surface area (Å²) in [4.78, 5) is 2.31. The summed E-state index contributed by atoms with van der Waals surface area (Å²) in [7, 11) is 2.13. The summed E-state index contributed by atoms with van der Waals surface area (Å²) in [6.45, 7) is 3.26. The van der Waals surface area contributed by atoms with Gasteiger partial charge in [0.2, 0.25) is 0 Å². The molecule has 1 aromatic rings. The Balaban J connectivity index is 0.000000162. The van der Waals surface area contributed by atoms with Crippen LogP contribution in [-0.4, -0.2) is 35.7 Å². The number of nitrogens with two attached hydrogens (primary N) is 1. The van der Waals surface area contributed by atoms with Gasteiger partial charge in [0.1, 0.15) is 0 Å². The molecule has 15 heavy (non-hydrogen) atoms. The van der Waals surface area contributed by atoms with Crippen molar-refractivity contribution < 1.29 is 0 Å². The van der Waals surface area contributed by atoms with Crippen LogP contribution < -0.4 is 5.73 Å². The molecule has 2 atom stereocenters. The molecule has 0 radical (unpaired) electrons. The first-order chi connectivity index (χ1) is 7.22. The van der Waals surface area contributed by atoms with E-state index in [1.165, 1.54) is 12.3 Å². The molecule has 0 spiro atoms. The first kappa shape index (κ1) is 12.6. The molecule has 84 valence electrons. The summed E-state index contributed by atoms with van der Waals surface area (Å²) in [6, 6.07) is 12.3. The van der Waals surface area contributed by atoms with Crippen molar-refractivity contribution in [3.05, 3.63) is 36.4 Å². The fraction of sp³-hybridized carbons (Fsp3) is 0.500. The highest BCUT2D eigenvalue weighted by atomic mass is 32.2. The average Bonchev–Trinajstić information content (AvgIpc) is 2.68. The zero-order valence-corrected chi connectivity index (χ0v) is 10.3. The molecule has 0 aromatic heterocycles. The molecule has 2 unspecified atom stereocenters. The predicted molar refractivity (Wildman–Crippen MR) is 69.0 cm³/mol. The van der Waals surface area contributed by atoms with Gasteiger partial charge in [-0.25, -0.2) is 0 Å². The van der Waals surface area contributed by atoms with Crippen molar-refractivity contribution in [3.63, 3.8) is 0 Å². The van der Waals surface area contributed by atoms with E-state index < -0.39 is 0 Å². The van der Waals surface area contributed by atoms with Gasteiger partial charge in [0.25, 0.3) is 0 Å². The standard InChI is InChI=1S/C6H14N2S.C6H6/c1-5(7)6-8(2)3-4-9-6;1-2-4-6-5-3-1/h5-6H,3-4,7H2,1-2H3;1-6H. The van der Waals surface area contributed by atoms with Crippen molar-refractivity contribution in [2.75, 3.05) is 19.3 Å². The molecule has 0 saturated carbocycles. The van der Waals surface area contributed by atoms with Gasteiger partial charge >= 0.3 is 0 Å². The number of nitrogens with zero attached hydrogens (tertiary/aromatic N) is 1. The van der Waals surface area contributed by atoms with Crippen molar-refractivity contribution in [2.45, 2.75) is 18.3 Å². The van der Waals surface area contributed by atoms with Crippen LogP contribution in [0, 0.1) is 0 Å². The number of hydrogen-bond donors (Lipinski definition) is 1. The van der Waals surface area contributed by atoms with Crippen LogP contribution in [0.25, 0.3) is 0 Å². The Kier molecular flexibility index (Phi) is 5.76. The van der Waals surface area contributed by atoms with Crippen LogP contribution in [0.2, 0.25) is 0 Å². The van der Waals surface area contributed by atoms with E-state index in [1.54, 1.807) is 0 Å². The Labute approximate surface area is 96.8 Å². The van der Waals surface area contributed by atoms with E-state index >= 15 is 0 Å². The van der Waals surface area contributed by atoms with Gasteiger partial charge in [-0.2, -0.15) is 0 Å². The summed E-state index contributed by atoms with van der Waals surface area (Å²) in [6.07, 6.45) is 0. The molecular formula is C12H20N2S. The van der Waals surface area contributed by atoms with Gasteiger partial charge in [0, 0.05) is 18.3 Å². The topological polar surface area (TPSA) is 29.3 Å². The van der Waals surface area contributed by atoms with Gasteiger partial charge in [-0.3, -0.25) is 4.90 Å². The van der Waals surface area contributed by atoms with Crippen LogP contribution in [0.5, 0.6) is 0 Å². The third-order valence-electron chi connectivity index (χ3n) is 2.28. The van der Waals surface area contributed by atoms with E-state index in [1.807, 2.05) is 48.2 Å². The zero-order chi connectivity index (χ0) is 11.1. The molecule has 1 fully saturated rings. The minimum absolute atomic E-state index is 0.308. The van der Waals surface area contributed by atoms with E-state index in [2.05, 4.69) is 18.9 Å². The molecule has 1 aromatic carbocycles. The summed E-state index contributed by atoms with van der Waals surface area (Å²) < 4.78 is 0. The fourth-order valence-electron chi connectivity index (χ4n) is 1.51. The van der Waals surface area contributed by atoms with E-state index in [9.17, 15) is 0 Å². The minimum atomic E-state index is 0.308. The van der Waals surface area contributed by atoms with Gasteiger partial charge in [-0.15, -0.1) is 11.8 Å².